The number of aryl methyl sites for hydroxylation is 2. The van der Waals surface area contributed by atoms with Crippen molar-refractivity contribution in [1.82, 2.24) is 15.1 Å². The van der Waals surface area contributed by atoms with E-state index in [4.69, 9.17) is 4.74 Å². The molecule has 0 radical (unpaired) electrons. The summed E-state index contributed by atoms with van der Waals surface area (Å²) in [6, 6.07) is 7.46. The molecule has 1 aromatic heterocycles. The summed E-state index contributed by atoms with van der Waals surface area (Å²) in [7, 11) is 2.11. The summed E-state index contributed by atoms with van der Waals surface area (Å²) >= 11 is 0. The number of piperidine rings is 1. The molecule has 0 spiro atoms. The minimum Gasteiger partial charge on any atom is -0.507 e. The van der Waals surface area contributed by atoms with Gasteiger partial charge in [0.15, 0.2) is 0 Å². The van der Waals surface area contributed by atoms with Crippen LogP contribution in [0.5, 0.6) is 11.6 Å². The van der Waals surface area contributed by atoms with Crippen LogP contribution in [0, 0.1) is 13.8 Å². The van der Waals surface area contributed by atoms with E-state index in [-0.39, 0.29) is 11.9 Å². The third-order valence-corrected chi connectivity index (χ3v) is 4.24. The lowest BCUT2D eigenvalue weighted by molar-refractivity contribution is 0.0990. The predicted molar refractivity (Wildman–Crippen MR) is 89.8 cm³/mol. The molecule has 2 heterocycles. The Bertz CT molecular complexity index is 703. The molecule has 1 saturated heterocycles. The Balaban J connectivity index is 1.80. The molecule has 0 aliphatic carbocycles. The summed E-state index contributed by atoms with van der Waals surface area (Å²) < 4.78 is 5.97. The molecule has 1 fully saturated rings. The molecule has 122 valence electrons. The maximum Gasteiger partial charge on any atom is 0.233 e. The largest absolute Gasteiger partial charge is 0.507 e. The average Bonchev–Trinajstić information content (AvgIpc) is 2.48. The Morgan fingerprint density at radius 3 is 2.74 bits per heavy atom. The molecule has 23 heavy (non-hydrogen) atoms. The molecule has 1 aliphatic rings. The van der Waals surface area contributed by atoms with Gasteiger partial charge in [0.05, 0.1) is 5.69 Å². The fourth-order valence-corrected chi connectivity index (χ4v) is 3.01. The molecule has 1 aliphatic heterocycles. The van der Waals surface area contributed by atoms with Gasteiger partial charge in [-0.1, -0.05) is 6.07 Å². The minimum absolute atomic E-state index is 0.168. The fraction of sp³-hybridized carbons (Fsp3) is 0.444. The number of phenolic OH excluding ortho intramolecular Hbond substituents is 1. The van der Waals surface area contributed by atoms with Crippen LogP contribution >= 0.6 is 0 Å². The van der Waals surface area contributed by atoms with Crippen molar-refractivity contribution in [1.29, 1.82) is 0 Å². The Hall–Kier alpha value is -2.14. The minimum atomic E-state index is 0.168. The molecule has 0 bridgehead atoms. The molecule has 3 rings (SSSR count). The Kier molecular flexibility index (Phi) is 4.48. The van der Waals surface area contributed by atoms with E-state index < -0.39 is 0 Å². The van der Waals surface area contributed by atoms with Crippen LogP contribution in [-0.4, -0.2) is 46.4 Å². The highest BCUT2D eigenvalue weighted by Gasteiger charge is 2.20. The highest BCUT2D eigenvalue weighted by atomic mass is 16.5. The molecule has 0 saturated carbocycles. The summed E-state index contributed by atoms with van der Waals surface area (Å²) in [5.41, 5.74) is 3.34. The predicted octanol–water partition coefficient (Wildman–Crippen LogP) is 2.94. The second-order valence-corrected chi connectivity index (χ2v) is 6.38. The number of aromatic nitrogens is 2. The number of nitrogens with zero attached hydrogens (tertiary/aromatic N) is 3. The van der Waals surface area contributed by atoms with E-state index in [1.165, 1.54) is 0 Å². The molecule has 1 aromatic carbocycles. The van der Waals surface area contributed by atoms with Gasteiger partial charge >= 0.3 is 0 Å². The van der Waals surface area contributed by atoms with Gasteiger partial charge in [0, 0.05) is 18.2 Å². The number of rotatable bonds is 3. The first-order chi connectivity index (χ1) is 11.0. The standard InChI is InChI=1S/C18H23N3O2/c1-12-6-7-15(16(22)9-12)18-13(2)10-17(19-20-18)23-14-5-4-8-21(3)11-14/h6-7,9-10,14,22H,4-5,8,11H2,1-3H3/t14-/m1/s1. The molecular formula is C18H23N3O2. The Labute approximate surface area is 136 Å². The van der Waals surface area contributed by atoms with Gasteiger partial charge in [-0.15, -0.1) is 10.2 Å². The van der Waals surface area contributed by atoms with Crippen molar-refractivity contribution in [2.45, 2.75) is 32.8 Å². The molecule has 5 heteroatoms. The highest BCUT2D eigenvalue weighted by molar-refractivity contribution is 5.69. The van der Waals surface area contributed by atoms with Crippen molar-refractivity contribution >= 4 is 0 Å². The van der Waals surface area contributed by atoms with Gasteiger partial charge in [0.25, 0.3) is 0 Å². The smallest absolute Gasteiger partial charge is 0.233 e. The first-order valence-electron chi connectivity index (χ1n) is 8.02. The highest BCUT2D eigenvalue weighted by Crippen LogP contribution is 2.31. The quantitative estimate of drug-likeness (QED) is 0.944. The third kappa shape index (κ3) is 3.62. The summed E-state index contributed by atoms with van der Waals surface area (Å²) in [4.78, 5) is 2.27. The van der Waals surface area contributed by atoms with Gasteiger partial charge in [-0.3, -0.25) is 0 Å². The number of likely N-dealkylation sites (tertiary alicyclic amines) is 1. The number of ether oxygens (including phenoxy) is 1. The topological polar surface area (TPSA) is 58.5 Å². The number of aromatic hydroxyl groups is 1. The van der Waals surface area contributed by atoms with E-state index in [0.29, 0.717) is 17.1 Å². The molecule has 1 atom stereocenters. The van der Waals surface area contributed by atoms with Gasteiger partial charge in [0.2, 0.25) is 5.88 Å². The third-order valence-electron chi connectivity index (χ3n) is 4.24. The first-order valence-corrected chi connectivity index (χ1v) is 8.02. The zero-order chi connectivity index (χ0) is 16.4. The second-order valence-electron chi connectivity index (χ2n) is 6.38. The lowest BCUT2D eigenvalue weighted by Gasteiger charge is -2.29. The summed E-state index contributed by atoms with van der Waals surface area (Å²) in [6.07, 6.45) is 2.36. The average molecular weight is 313 g/mol. The zero-order valence-electron chi connectivity index (χ0n) is 13.9. The van der Waals surface area contributed by atoms with E-state index in [0.717, 1.165) is 37.1 Å². The van der Waals surface area contributed by atoms with Crippen LogP contribution in [-0.2, 0) is 0 Å². The number of benzene rings is 1. The Morgan fingerprint density at radius 2 is 2.04 bits per heavy atom. The summed E-state index contributed by atoms with van der Waals surface area (Å²) in [5.74, 6) is 0.781. The van der Waals surface area contributed by atoms with Crippen molar-refractivity contribution < 1.29 is 9.84 Å². The van der Waals surface area contributed by atoms with Crippen LogP contribution in [0.3, 0.4) is 0 Å². The molecule has 0 unspecified atom stereocenters. The van der Waals surface area contributed by atoms with Crippen molar-refractivity contribution in [3.05, 3.63) is 35.4 Å². The van der Waals surface area contributed by atoms with Gasteiger partial charge in [0.1, 0.15) is 11.9 Å². The Morgan fingerprint density at radius 1 is 1.22 bits per heavy atom. The summed E-state index contributed by atoms with van der Waals surface area (Å²) in [5, 5.41) is 18.6. The van der Waals surface area contributed by atoms with Crippen LogP contribution in [0.4, 0.5) is 0 Å². The second kappa shape index (κ2) is 6.54. The SMILES string of the molecule is Cc1ccc(-c2nnc(O[C@@H]3CCCN(C)C3)cc2C)c(O)c1. The number of likely N-dealkylation sites (N-methyl/N-ethyl adjacent to an activating group) is 1. The van der Waals surface area contributed by atoms with E-state index in [1.807, 2.05) is 32.0 Å². The van der Waals surface area contributed by atoms with Gasteiger partial charge in [-0.2, -0.15) is 0 Å². The monoisotopic (exact) mass is 313 g/mol. The van der Waals surface area contributed by atoms with E-state index in [1.54, 1.807) is 6.07 Å². The van der Waals surface area contributed by atoms with E-state index in [2.05, 4.69) is 22.1 Å². The van der Waals surface area contributed by atoms with Gasteiger partial charge in [-0.05, 0) is 63.5 Å². The van der Waals surface area contributed by atoms with Gasteiger partial charge < -0.3 is 14.7 Å². The number of phenols is 1. The van der Waals surface area contributed by atoms with Crippen LogP contribution < -0.4 is 4.74 Å². The van der Waals surface area contributed by atoms with Crippen molar-refractivity contribution in [3.63, 3.8) is 0 Å². The van der Waals surface area contributed by atoms with Crippen LogP contribution in [0.1, 0.15) is 24.0 Å². The van der Waals surface area contributed by atoms with Crippen molar-refractivity contribution in [2.75, 3.05) is 20.1 Å². The summed E-state index contributed by atoms with van der Waals surface area (Å²) in [6.45, 7) is 5.95. The van der Waals surface area contributed by atoms with E-state index >= 15 is 0 Å². The normalized spacial score (nSPS) is 18.8. The first kappa shape index (κ1) is 15.7. The maximum absolute atomic E-state index is 10.1. The molecular weight excluding hydrogens is 290 g/mol. The molecule has 1 N–H and O–H groups in total. The van der Waals surface area contributed by atoms with E-state index in [9.17, 15) is 5.11 Å². The number of hydrogen-bond donors (Lipinski definition) is 1. The molecule has 0 amide bonds. The lowest BCUT2D eigenvalue weighted by atomic mass is 10.0. The lowest BCUT2D eigenvalue weighted by Crippen LogP contribution is -2.38. The molecule has 5 nitrogen and oxygen atoms in total. The zero-order valence-corrected chi connectivity index (χ0v) is 13.9. The fourth-order valence-electron chi connectivity index (χ4n) is 3.01. The maximum atomic E-state index is 10.1. The van der Waals surface area contributed by atoms with Crippen LogP contribution in [0.25, 0.3) is 11.3 Å². The number of hydrogen-bond acceptors (Lipinski definition) is 5. The molecule has 2 aromatic rings. The van der Waals surface area contributed by atoms with Crippen molar-refractivity contribution in [2.24, 2.45) is 0 Å². The van der Waals surface area contributed by atoms with Crippen LogP contribution in [0.15, 0.2) is 24.3 Å². The van der Waals surface area contributed by atoms with Crippen LogP contribution in [0.2, 0.25) is 0 Å². The van der Waals surface area contributed by atoms with Gasteiger partial charge in [-0.25, -0.2) is 0 Å². The van der Waals surface area contributed by atoms with Crippen molar-refractivity contribution in [3.8, 4) is 22.9 Å².